The minimum absolute atomic E-state index is 0.0223. The molecule has 198 valence electrons. The maximum absolute atomic E-state index is 13.7. The molecule has 1 heterocycles. The third kappa shape index (κ3) is 5.43. The van der Waals surface area contributed by atoms with Crippen LogP contribution in [0.5, 0.6) is 0 Å². The van der Waals surface area contributed by atoms with Gasteiger partial charge in [-0.1, -0.05) is 47.5 Å². The van der Waals surface area contributed by atoms with Gasteiger partial charge in [0.15, 0.2) is 0 Å². The number of hydrogen-bond donors (Lipinski definition) is 1. The molecule has 1 aliphatic heterocycles. The molecule has 5 nitrogen and oxygen atoms in total. The molecule has 4 aromatic carbocycles. The predicted octanol–water partition coefficient (Wildman–Crippen LogP) is 7.59. The summed E-state index contributed by atoms with van der Waals surface area (Å²) < 4.78 is 53.1. The summed E-state index contributed by atoms with van der Waals surface area (Å²) in [5, 5.41) is 2.79. The summed E-state index contributed by atoms with van der Waals surface area (Å²) in [4.78, 5) is 28.9. The number of benzene rings is 4. The fourth-order valence-electron chi connectivity index (χ4n) is 4.17. The highest BCUT2D eigenvalue weighted by Crippen LogP contribution is 2.37. The average molecular weight is 589 g/mol. The van der Waals surface area contributed by atoms with Crippen molar-refractivity contribution in [3.63, 3.8) is 0 Å². The number of halogens is 5. The summed E-state index contributed by atoms with van der Waals surface area (Å²) in [5.74, 6) is -1.20. The van der Waals surface area contributed by atoms with Gasteiger partial charge in [0.05, 0.1) is 54.7 Å². The van der Waals surface area contributed by atoms with Crippen molar-refractivity contribution in [3.8, 4) is 0 Å². The summed E-state index contributed by atoms with van der Waals surface area (Å²) >= 11 is 12.2. The van der Waals surface area contributed by atoms with Crippen LogP contribution in [0.25, 0.3) is 0 Å². The lowest BCUT2D eigenvalue weighted by Crippen LogP contribution is -2.30. The molecule has 1 aliphatic rings. The van der Waals surface area contributed by atoms with Crippen LogP contribution in [-0.2, 0) is 23.5 Å². The Morgan fingerprint density at radius 3 is 2.41 bits per heavy atom. The number of hydrogen-bond acceptors (Lipinski definition) is 3. The SMILES string of the molecule is O=C(Nc1cc(C(F)(F)F)ccc1Cl)c1ccc2c(c1)N(Cc1cccc(Cl)c1)C(=O)c1ccccc1[S@]2=O. The molecule has 0 radical (unpaired) electrons. The minimum atomic E-state index is -4.63. The fraction of sp³-hybridized carbons (Fsp3) is 0.0714. The highest BCUT2D eigenvalue weighted by molar-refractivity contribution is 7.85. The molecule has 11 heteroatoms. The number of fused-ring (bicyclic) bond motifs is 2. The Balaban J connectivity index is 1.58. The third-order valence-electron chi connectivity index (χ3n) is 6.05. The molecule has 2 amide bonds. The van der Waals surface area contributed by atoms with Crippen LogP contribution in [0.3, 0.4) is 0 Å². The number of amides is 2. The Morgan fingerprint density at radius 2 is 1.67 bits per heavy atom. The standard InChI is InChI=1S/C28H17Cl2F3N2O3S/c29-19-5-3-4-16(12-19)15-35-23-13-17(26(36)34-22-14-18(28(31,32)33)9-10-21(22)30)8-11-25(23)39(38)24-7-2-1-6-20(24)27(35)37/h1-14H,15H2,(H,34,36)/t39-/m1/s1. The second-order valence-corrected chi connectivity index (χ2v) is 10.9. The van der Waals surface area contributed by atoms with Gasteiger partial charge in [0, 0.05) is 10.6 Å². The summed E-state index contributed by atoms with van der Waals surface area (Å²) in [6.07, 6.45) is -4.63. The quantitative estimate of drug-likeness (QED) is 0.267. The van der Waals surface area contributed by atoms with E-state index in [9.17, 15) is 27.0 Å². The summed E-state index contributed by atoms with van der Waals surface area (Å²) in [6.45, 7) is 0.0580. The molecule has 4 aromatic rings. The fourth-order valence-corrected chi connectivity index (χ4v) is 5.89. The van der Waals surface area contributed by atoms with Crippen LogP contribution in [0, 0.1) is 0 Å². The highest BCUT2D eigenvalue weighted by atomic mass is 35.5. The van der Waals surface area contributed by atoms with Crippen molar-refractivity contribution in [1.29, 1.82) is 0 Å². The van der Waals surface area contributed by atoms with Gasteiger partial charge in [0.1, 0.15) is 0 Å². The van der Waals surface area contributed by atoms with Crippen LogP contribution >= 0.6 is 23.2 Å². The number of carbonyl (C=O) groups excluding carboxylic acids is 2. The Labute approximate surface area is 233 Å². The van der Waals surface area contributed by atoms with Gasteiger partial charge in [-0.3, -0.25) is 9.59 Å². The maximum atomic E-state index is 13.7. The van der Waals surface area contributed by atoms with E-state index in [2.05, 4.69) is 5.32 Å². The minimum Gasteiger partial charge on any atom is -0.321 e. The molecule has 0 aromatic heterocycles. The summed E-state index contributed by atoms with van der Waals surface area (Å²) in [5.41, 5.74) is -0.0235. The van der Waals surface area contributed by atoms with Crippen molar-refractivity contribution >= 4 is 57.2 Å². The van der Waals surface area contributed by atoms with Crippen molar-refractivity contribution in [1.82, 2.24) is 0 Å². The number of nitrogens with zero attached hydrogens (tertiary/aromatic N) is 1. The zero-order valence-corrected chi connectivity index (χ0v) is 22.1. The van der Waals surface area contributed by atoms with Gasteiger partial charge < -0.3 is 10.2 Å². The van der Waals surface area contributed by atoms with Crippen LogP contribution in [0.4, 0.5) is 24.5 Å². The van der Waals surface area contributed by atoms with Gasteiger partial charge in [-0.25, -0.2) is 4.21 Å². The zero-order valence-electron chi connectivity index (χ0n) is 19.8. The first-order valence-corrected chi connectivity index (χ1v) is 13.3. The normalized spacial score (nSPS) is 14.8. The second-order valence-electron chi connectivity index (χ2n) is 8.62. The largest absolute Gasteiger partial charge is 0.416 e. The van der Waals surface area contributed by atoms with Gasteiger partial charge in [-0.05, 0) is 66.2 Å². The zero-order chi connectivity index (χ0) is 27.9. The first-order chi connectivity index (χ1) is 18.5. The van der Waals surface area contributed by atoms with E-state index in [4.69, 9.17) is 23.2 Å². The van der Waals surface area contributed by atoms with E-state index >= 15 is 0 Å². The van der Waals surface area contributed by atoms with Crippen LogP contribution in [0.2, 0.25) is 10.0 Å². The molecule has 0 fully saturated rings. The Kier molecular flexibility index (Phi) is 7.24. The molecule has 1 atom stereocenters. The molecule has 1 N–H and O–H groups in total. The lowest BCUT2D eigenvalue weighted by molar-refractivity contribution is -0.137. The Hall–Kier alpha value is -3.66. The van der Waals surface area contributed by atoms with E-state index in [1.807, 2.05) is 0 Å². The second kappa shape index (κ2) is 10.5. The van der Waals surface area contributed by atoms with Gasteiger partial charge >= 0.3 is 6.18 Å². The van der Waals surface area contributed by atoms with Crippen molar-refractivity contribution in [3.05, 3.63) is 117 Å². The van der Waals surface area contributed by atoms with E-state index in [-0.39, 0.29) is 34.1 Å². The topological polar surface area (TPSA) is 66.5 Å². The smallest absolute Gasteiger partial charge is 0.321 e. The third-order valence-corrected chi connectivity index (χ3v) is 8.11. The molecule has 0 unspecified atom stereocenters. The highest BCUT2D eigenvalue weighted by Gasteiger charge is 2.33. The Morgan fingerprint density at radius 1 is 0.897 bits per heavy atom. The lowest BCUT2D eigenvalue weighted by Gasteiger charge is -2.24. The molecule has 5 rings (SSSR count). The first-order valence-electron chi connectivity index (χ1n) is 11.4. The number of rotatable bonds is 4. The van der Waals surface area contributed by atoms with Crippen molar-refractivity contribution in [2.45, 2.75) is 22.5 Å². The van der Waals surface area contributed by atoms with E-state index < -0.39 is 34.4 Å². The number of anilines is 2. The van der Waals surface area contributed by atoms with Crippen LogP contribution in [-0.4, -0.2) is 16.0 Å². The molecule has 39 heavy (non-hydrogen) atoms. The van der Waals surface area contributed by atoms with E-state index in [0.717, 1.165) is 18.2 Å². The maximum Gasteiger partial charge on any atom is 0.416 e. The van der Waals surface area contributed by atoms with E-state index in [1.54, 1.807) is 48.5 Å². The Bertz CT molecular complexity index is 1660. The molecule has 0 aliphatic carbocycles. The molecular formula is C28H17Cl2F3N2O3S. The molecular weight excluding hydrogens is 572 g/mol. The predicted molar refractivity (Wildman–Crippen MR) is 144 cm³/mol. The summed E-state index contributed by atoms with van der Waals surface area (Å²) in [6, 6.07) is 20.3. The number of alkyl halides is 3. The van der Waals surface area contributed by atoms with Crippen molar-refractivity contribution < 1.29 is 27.0 Å². The number of nitrogens with one attached hydrogen (secondary N) is 1. The van der Waals surface area contributed by atoms with Crippen LogP contribution in [0.1, 0.15) is 31.8 Å². The molecule has 0 spiro atoms. The monoisotopic (exact) mass is 588 g/mol. The van der Waals surface area contributed by atoms with Crippen LogP contribution < -0.4 is 10.2 Å². The molecule has 0 saturated heterocycles. The van der Waals surface area contributed by atoms with Gasteiger partial charge in [-0.2, -0.15) is 13.2 Å². The van der Waals surface area contributed by atoms with E-state index in [0.29, 0.717) is 20.4 Å². The average Bonchev–Trinajstić information content (AvgIpc) is 2.98. The first kappa shape index (κ1) is 26.9. The van der Waals surface area contributed by atoms with Gasteiger partial charge in [-0.15, -0.1) is 0 Å². The number of carbonyl (C=O) groups is 2. The van der Waals surface area contributed by atoms with Crippen molar-refractivity contribution in [2.24, 2.45) is 0 Å². The van der Waals surface area contributed by atoms with Crippen molar-refractivity contribution in [2.75, 3.05) is 10.2 Å². The van der Waals surface area contributed by atoms with Crippen LogP contribution in [0.15, 0.2) is 94.7 Å². The van der Waals surface area contributed by atoms with Gasteiger partial charge in [0.2, 0.25) is 0 Å². The van der Waals surface area contributed by atoms with E-state index in [1.165, 1.54) is 23.1 Å². The van der Waals surface area contributed by atoms with Gasteiger partial charge in [0.25, 0.3) is 11.8 Å². The lowest BCUT2D eigenvalue weighted by atomic mass is 10.1. The molecule has 0 bridgehead atoms. The molecule has 0 saturated carbocycles. The summed E-state index contributed by atoms with van der Waals surface area (Å²) in [7, 11) is -1.75.